The molecule has 0 aliphatic heterocycles. The summed E-state index contributed by atoms with van der Waals surface area (Å²) in [5.74, 6) is 0.936. The summed E-state index contributed by atoms with van der Waals surface area (Å²) >= 11 is 3.31. The van der Waals surface area contributed by atoms with E-state index in [1.165, 1.54) is 5.56 Å². The Hall–Kier alpha value is -2.25. The molecule has 5 nitrogen and oxygen atoms in total. The van der Waals surface area contributed by atoms with E-state index in [0.29, 0.717) is 18.1 Å². The fraction of sp³-hybridized carbons (Fsp3) is 0.211. The standard InChI is InChI=1S/C19H19N3O2S2/c1-13-3-7-16(8-4-13)26-12-11-17(23)20-19-22-21-18(24-19)14-5-9-15(25-2)10-6-14/h3-10H,11-12H2,1-2H3,(H,20,22,23). The predicted octanol–water partition coefficient (Wildman–Crippen LogP) is 4.89. The molecule has 0 atom stereocenters. The molecule has 1 N–H and O–H groups in total. The first-order valence-corrected chi connectivity index (χ1v) is 10.3. The highest BCUT2D eigenvalue weighted by Crippen LogP contribution is 2.23. The molecule has 0 fully saturated rings. The molecule has 7 heteroatoms. The van der Waals surface area contributed by atoms with Gasteiger partial charge in [-0.2, -0.15) is 0 Å². The van der Waals surface area contributed by atoms with Crippen molar-refractivity contribution < 1.29 is 9.21 Å². The number of nitrogens with zero attached hydrogens (tertiary/aromatic N) is 2. The highest BCUT2D eigenvalue weighted by Gasteiger charge is 2.11. The number of carbonyl (C=O) groups is 1. The number of anilines is 1. The smallest absolute Gasteiger partial charge is 0.322 e. The van der Waals surface area contributed by atoms with E-state index in [2.05, 4.69) is 46.7 Å². The molecular formula is C19H19N3O2S2. The minimum Gasteiger partial charge on any atom is -0.403 e. The fourth-order valence-corrected chi connectivity index (χ4v) is 3.46. The molecule has 0 saturated heterocycles. The minimum atomic E-state index is -0.141. The normalized spacial score (nSPS) is 10.7. The Balaban J connectivity index is 1.50. The van der Waals surface area contributed by atoms with Crippen molar-refractivity contribution in [3.05, 3.63) is 54.1 Å². The zero-order valence-corrected chi connectivity index (χ0v) is 16.2. The van der Waals surface area contributed by atoms with Crippen LogP contribution in [0.3, 0.4) is 0 Å². The monoisotopic (exact) mass is 385 g/mol. The number of nitrogens with one attached hydrogen (secondary N) is 1. The number of rotatable bonds is 7. The van der Waals surface area contributed by atoms with Crippen LogP contribution in [0.2, 0.25) is 0 Å². The second-order valence-corrected chi connectivity index (χ2v) is 7.65. The fourth-order valence-electron chi connectivity index (χ4n) is 2.20. The molecular weight excluding hydrogens is 366 g/mol. The van der Waals surface area contributed by atoms with Gasteiger partial charge in [0, 0.05) is 27.5 Å². The van der Waals surface area contributed by atoms with Crippen LogP contribution in [0.4, 0.5) is 6.01 Å². The lowest BCUT2D eigenvalue weighted by molar-refractivity contribution is -0.115. The molecule has 26 heavy (non-hydrogen) atoms. The minimum absolute atomic E-state index is 0.124. The third kappa shape index (κ3) is 5.12. The van der Waals surface area contributed by atoms with E-state index in [1.54, 1.807) is 23.5 Å². The molecule has 3 rings (SSSR count). The van der Waals surface area contributed by atoms with E-state index in [-0.39, 0.29) is 11.9 Å². The summed E-state index contributed by atoms with van der Waals surface area (Å²) in [6.07, 6.45) is 2.39. The molecule has 3 aromatic rings. The summed E-state index contributed by atoms with van der Waals surface area (Å²) < 4.78 is 5.52. The Labute approximate surface area is 161 Å². The van der Waals surface area contributed by atoms with Crippen LogP contribution in [-0.4, -0.2) is 28.1 Å². The van der Waals surface area contributed by atoms with Gasteiger partial charge in [-0.3, -0.25) is 10.1 Å². The van der Waals surface area contributed by atoms with Gasteiger partial charge in [0.15, 0.2) is 0 Å². The molecule has 2 aromatic carbocycles. The van der Waals surface area contributed by atoms with E-state index < -0.39 is 0 Å². The maximum absolute atomic E-state index is 12.0. The van der Waals surface area contributed by atoms with Crippen LogP contribution in [0.25, 0.3) is 11.5 Å². The van der Waals surface area contributed by atoms with Gasteiger partial charge in [0.05, 0.1) is 0 Å². The summed E-state index contributed by atoms with van der Waals surface area (Å²) in [6.45, 7) is 2.05. The van der Waals surface area contributed by atoms with Gasteiger partial charge in [0.2, 0.25) is 11.8 Å². The summed E-state index contributed by atoms with van der Waals surface area (Å²) in [7, 11) is 0. The van der Waals surface area contributed by atoms with Crippen molar-refractivity contribution in [2.75, 3.05) is 17.3 Å². The number of aryl methyl sites for hydroxylation is 1. The van der Waals surface area contributed by atoms with Gasteiger partial charge in [-0.15, -0.1) is 28.6 Å². The van der Waals surface area contributed by atoms with Crippen LogP contribution in [-0.2, 0) is 4.79 Å². The van der Waals surface area contributed by atoms with Crippen LogP contribution in [0, 0.1) is 6.92 Å². The Kier molecular flexibility index (Phi) is 6.35. The van der Waals surface area contributed by atoms with Crippen molar-refractivity contribution in [3.8, 4) is 11.5 Å². The summed E-state index contributed by atoms with van der Waals surface area (Å²) in [5.41, 5.74) is 2.05. The molecule has 134 valence electrons. The van der Waals surface area contributed by atoms with Crippen LogP contribution >= 0.6 is 23.5 Å². The van der Waals surface area contributed by atoms with Gasteiger partial charge >= 0.3 is 6.01 Å². The van der Waals surface area contributed by atoms with Crippen LogP contribution in [0.5, 0.6) is 0 Å². The van der Waals surface area contributed by atoms with Crippen LogP contribution in [0.1, 0.15) is 12.0 Å². The SMILES string of the molecule is CSc1ccc(-c2nnc(NC(=O)CCSc3ccc(C)cc3)o2)cc1. The molecule has 0 spiro atoms. The number of benzene rings is 2. The predicted molar refractivity (Wildman–Crippen MR) is 107 cm³/mol. The first-order valence-electron chi connectivity index (χ1n) is 8.11. The molecule has 0 saturated carbocycles. The van der Waals surface area contributed by atoms with Crippen molar-refractivity contribution in [2.24, 2.45) is 0 Å². The molecule has 1 aromatic heterocycles. The van der Waals surface area contributed by atoms with Gasteiger partial charge in [0.25, 0.3) is 0 Å². The largest absolute Gasteiger partial charge is 0.403 e. The van der Waals surface area contributed by atoms with Gasteiger partial charge in [-0.1, -0.05) is 22.8 Å². The van der Waals surface area contributed by atoms with Crippen molar-refractivity contribution >= 4 is 35.4 Å². The zero-order chi connectivity index (χ0) is 18.4. The maximum Gasteiger partial charge on any atom is 0.322 e. The van der Waals surface area contributed by atoms with E-state index in [1.807, 2.05) is 30.5 Å². The second kappa shape index (κ2) is 8.91. The lowest BCUT2D eigenvalue weighted by atomic mass is 10.2. The Morgan fingerprint density at radius 2 is 1.73 bits per heavy atom. The Morgan fingerprint density at radius 1 is 1.04 bits per heavy atom. The van der Waals surface area contributed by atoms with Crippen molar-refractivity contribution in [1.29, 1.82) is 0 Å². The number of hydrogen-bond acceptors (Lipinski definition) is 6. The van der Waals surface area contributed by atoms with Gasteiger partial charge in [-0.25, -0.2) is 0 Å². The van der Waals surface area contributed by atoms with E-state index in [4.69, 9.17) is 4.42 Å². The van der Waals surface area contributed by atoms with Crippen molar-refractivity contribution in [3.63, 3.8) is 0 Å². The van der Waals surface area contributed by atoms with E-state index >= 15 is 0 Å². The van der Waals surface area contributed by atoms with Gasteiger partial charge in [-0.05, 0) is 49.6 Å². The Morgan fingerprint density at radius 3 is 2.42 bits per heavy atom. The number of amides is 1. The lowest BCUT2D eigenvalue weighted by Crippen LogP contribution is -2.12. The van der Waals surface area contributed by atoms with Gasteiger partial charge < -0.3 is 4.42 Å². The van der Waals surface area contributed by atoms with E-state index in [9.17, 15) is 4.79 Å². The number of aromatic nitrogens is 2. The topological polar surface area (TPSA) is 68.0 Å². The summed E-state index contributed by atoms with van der Waals surface area (Å²) in [4.78, 5) is 14.3. The van der Waals surface area contributed by atoms with Crippen molar-refractivity contribution in [2.45, 2.75) is 23.1 Å². The molecule has 1 amide bonds. The summed E-state index contributed by atoms with van der Waals surface area (Å²) in [6, 6.07) is 16.2. The maximum atomic E-state index is 12.0. The van der Waals surface area contributed by atoms with Crippen molar-refractivity contribution in [1.82, 2.24) is 10.2 Å². The first kappa shape index (κ1) is 18.5. The Bertz CT molecular complexity index is 861. The van der Waals surface area contributed by atoms with Gasteiger partial charge in [0.1, 0.15) is 0 Å². The molecule has 0 aliphatic carbocycles. The third-order valence-electron chi connectivity index (χ3n) is 3.63. The zero-order valence-electron chi connectivity index (χ0n) is 14.6. The quantitative estimate of drug-likeness (QED) is 0.584. The number of thioether (sulfide) groups is 2. The second-order valence-electron chi connectivity index (χ2n) is 5.60. The third-order valence-corrected chi connectivity index (χ3v) is 5.38. The molecule has 0 radical (unpaired) electrons. The first-order chi connectivity index (χ1) is 12.6. The average molecular weight is 386 g/mol. The highest BCUT2D eigenvalue weighted by molar-refractivity contribution is 7.99. The number of carbonyl (C=O) groups excluding carboxylic acids is 1. The molecule has 0 bridgehead atoms. The van der Waals surface area contributed by atoms with Crippen LogP contribution < -0.4 is 5.32 Å². The van der Waals surface area contributed by atoms with E-state index in [0.717, 1.165) is 15.4 Å². The number of hydrogen-bond donors (Lipinski definition) is 1. The highest BCUT2D eigenvalue weighted by atomic mass is 32.2. The lowest BCUT2D eigenvalue weighted by Gasteiger charge is -2.02. The summed E-state index contributed by atoms with van der Waals surface area (Å²) in [5, 5.41) is 10.5. The molecule has 0 unspecified atom stereocenters. The molecule has 1 heterocycles. The molecule has 0 aliphatic rings. The van der Waals surface area contributed by atoms with Crippen LogP contribution in [0.15, 0.2) is 62.7 Å². The average Bonchev–Trinajstić information content (AvgIpc) is 3.12.